The largest absolute Gasteiger partial charge is 0.314 e. The SMILES string of the molecule is C=C(C)N(C(C)=O)C1CC(C)(C)NC(C)(CC)C1. The van der Waals surface area contributed by atoms with Crippen LogP contribution in [0.5, 0.6) is 0 Å². The van der Waals surface area contributed by atoms with E-state index in [1.54, 1.807) is 6.92 Å². The predicted molar refractivity (Wildman–Crippen MR) is 76.3 cm³/mol. The lowest BCUT2D eigenvalue weighted by Gasteiger charge is -2.50. The van der Waals surface area contributed by atoms with Crippen molar-refractivity contribution in [2.24, 2.45) is 0 Å². The summed E-state index contributed by atoms with van der Waals surface area (Å²) in [7, 11) is 0. The summed E-state index contributed by atoms with van der Waals surface area (Å²) in [5.41, 5.74) is 0.996. The van der Waals surface area contributed by atoms with Gasteiger partial charge in [-0.1, -0.05) is 13.5 Å². The van der Waals surface area contributed by atoms with E-state index >= 15 is 0 Å². The van der Waals surface area contributed by atoms with Crippen LogP contribution in [0.2, 0.25) is 0 Å². The molecule has 2 unspecified atom stereocenters. The van der Waals surface area contributed by atoms with Gasteiger partial charge in [0.1, 0.15) is 0 Å². The lowest BCUT2D eigenvalue weighted by molar-refractivity contribution is -0.130. The van der Waals surface area contributed by atoms with Gasteiger partial charge < -0.3 is 10.2 Å². The van der Waals surface area contributed by atoms with Crippen LogP contribution in [-0.4, -0.2) is 27.9 Å². The van der Waals surface area contributed by atoms with Crippen molar-refractivity contribution in [3.63, 3.8) is 0 Å². The monoisotopic (exact) mass is 252 g/mol. The normalized spacial score (nSPS) is 30.9. The molecular formula is C15H28N2O. The van der Waals surface area contributed by atoms with Gasteiger partial charge >= 0.3 is 0 Å². The number of allylic oxidation sites excluding steroid dienone is 1. The molecule has 1 rings (SSSR count). The van der Waals surface area contributed by atoms with Crippen LogP contribution in [0.4, 0.5) is 0 Å². The molecule has 0 aromatic heterocycles. The van der Waals surface area contributed by atoms with Gasteiger partial charge in [0.2, 0.25) is 5.91 Å². The molecule has 1 saturated heterocycles. The minimum atomic E-state index is 0.0524. The molecular weight excluding hydrogens is 224 g/mol. The number of hydrogen-bond donors (Lipinski definition) is 1. The van der Waals surface area contributed by atoms with Crippen LogP contribution in [0, 0.1) is 0 Å². The van der Waals surface area contributed by atoms with Gasteiger partial charge in [0.05, 0.1) is 0 Å². The van der Waals surface area contributed by atoms with E-state index in [-0.39, 0.29) is 23.0 Å². The second-order valence-corrected chi connectivity index (χ2v) is 6.61. The smallest absolute Gasteiger partial charge is 0.223 e. The van der Waals surface area contributed by atoms with E-state index in [4.69, 9.17) is 0 Å². The highest BCUT2D eigenvalue weighted by atomic mass is 16.2. The highest BCUT2D eigenvalue weighted by Gasteiger charge is 2.42. The summed E-state index contributed by atoms with van der Waals surface area (Å²) >= 11 is 0. The van der Waals surface area contributed by atoms with E-state index in [2.05, 4.69) is 39.6 Å². The van der Waals surface area contributed by atoms with E-state index in [1.165, 1.54) is 0 Å². The summed E-state index contributed by atoms with van der Waals surface area (Å²) in [6, 6.07) is 0.251. The molecule has 0 spiro atoms. The first-order valence-electron chi connectivity index (χ1n) is 6.85. The molecule has 0 aliphatic carbocycles. The number of carbonyl (C=O) groups is 1. The lowest BCUT2D eigenvalue weighted by atomic mass is 9.76. The van der Waals surface area contributed by atoms with Gasteiger partial charge in [0.25, 0.3) is 0 Å². The molecule has 3 heteroatoms. The first kappa shape index (κ1) is 15.2. The summed E-state index contributed by atoms with van der Waals surface area (Å²) in [6.07, 6.45) is 3.02. The highest BCUT2D eigenvalue weighted by Crippen LogP contribution is 2.34. The molecule has 1 fully saturated rings. The molecule has 1 aliphatic rings. The summed E-state index contributed by atoms with van der Waals surface area (Å²) in [5.74, 6) is 0.101. The van der Waals surface area contributed by atoms with Crippen LogP contribution in [-0.2, 0) is 4.79 Å². The molecule has 1 heterocycles. The quantitative estimate of drug-likeness (QED) is 0.837. The number of nitrogens with zero attached hydrogens (tertiary/aromatic N) is 1. The van der Waals surface area contributed by atoms with E-state index < -0.39 is 0 Å². The van der Waals surface area contributed by atoms with E-state index in [0.717, 1.165) is 25.0 Å². The molecule has 18 heavy (non-hydrogen) atoms. The van der Waals surface area contributed by atoms with Gasteiger partial charge in [-0.15, -0.1) is 0 Å². The van der Waals surface area contributed by atoms with Crippen molar-refractivity contribution in [2.75, 3.05) is 0 Å². The van der Waals surface area contributed by atoms with E-state index in [9.17, 15) is 4.79 Å². The molecule has 0 aromatic carbocycles. The predicted octanol–water partition coefficient (Wildman–Crippen LogP) is 3.07. The summed E-state index contributed by atoms with van der Waals surface area (Å²) in [4.78, 5) is 13.7. The Bertz CT molecular complexity index is 334. The minimum absolute atomic E-state index is 0.0524. The zero-order chi connectivity index (χ0) is 14.1. The number of amides is 1. The first-order chi connectivity index (χ1) is 8.10. The topological polar surface area (TPSA) is 32.3 Å². The van der Waals surface area contributed by atoms with Crippen molar-refractivity contribution < 1.29 is 4.79 Å². The van der Waals surface area contributed by atoms with E-state index in [1.807, 2.05) is 11.8 Å². The third-order valence-corrected chi connectivity index (χ3v) is 3.97. The third-order valence-electron chi connectivity index (χ3n) is 3.97. The minimum Gasteiger partial charge on any atom is -0.314 e. The molecule has 1 amide bonds. The Hall–Kier alpha value is -0.830. The number of carbonyl (C=O) groups excluding carboxylic acids is 1. The second kappa shape index (κ2) is 5.04. The molecule has 2 atom stereocenters. The third kappa shape index (κ3) is 3.35. The van der Waals surface area contributed by atoms with Crippen molar-refractivity contribution in [1.29, 1.82) is 0 Å². The van der Waals surface area contributed by atoms with Gasteiger partial charge in [-0.05, 0) is 47.0 Å². The summed E-state index contributed by atoms with van der Waals surface area (Å²) in [6.45, 7) is 16.4. The molecule has 3 nitrogen and oxygen atoms in total. The van der Waals surface area contributed by atoms with Crippen molar-refractivity contribution in [3.8, 4) is 0 Å². The Morgan fingerprint density at radius 2 is 1.89 bits per heavy atom. The Balaban J connectivity index is 3.01. The molecule has 0 radical (unpaired) electrons. The fraction of sp³-hybridized carbons (Fsp3) is 0.800. The second-order valence-electron chi connectivity index (χ2n) is 6.61. The first-order valence-corrected chi connectivity index (χ1v) is 6.85. The van der Waals surface area contributed by atoms with Crippen LogP contribution in [0.3, 0.4) is 0 Å². The average Bonchev–Trinajstić information content (AvgIpc) is 2.13. The van der Waals surface area contributed by atoms with Crippen LogP contribution >= 0.6 is 0 Å². The molecule has 104 valence electrons. The Morgan fingerprint density at radius 3 is 2.28 bits per heavy atom. The van der Waals surface area contributed by atoms with Gasteiger partial charge in [-0.2, -0.15) is 0 Å². The number of rotatable bonds is 3. The van der Waals surface area contributed by atoms with Crippen molar-refractivity contribution in [3.05, 3.63) is 12.3 Å². The van der Waals surface area contributed by atoms with Gasteiger partial charge in [-0.25, -0.2) is 0 Å². The molecule has 0 bridgehead atoms. The average molecular weight is 252 g/mol. The molecule has 0 saturated carbocycles. The van der Waals surface area contributed by atoms with Gasteiger partial charge in [-0.3, -0.25) is 4.79 Å². The Morgan fingerprint density at radius 1 is 1.33 bits per heavy atom. The standard InChI is InChI=1S/C15H28N2O/c1-8-15(7)10-13(9-14(5,6)16-15)17(11(2)3)12(4)18/h13,16H,2,8-10H2,1,3-7H3. The zero-order valence-corrected chi connectivity index (χ0v) is 12.8. The number of hydrogen-bond acceptors (Lipinski definition) is 2. The Kier molecular flexibility index (Phi) is 4.26. The van der Waals surface area contributed by atoms with Gasteiger partial charge in [0.15, 0.2) is 0 Å². The summed E-state index contributed by atoms with van der Waals surface area (Å²) in [5, 5.41) is 3.71. The van der Waals surface area contributed by atoms with Crippen LogP contribution in [0.1, 0.15) is 60.8 Å². The van der Waals surface area contributed by atoms with Crippen molar-refractivity contribution in [1.82, 2.24) is 10.2 Å². The number of nitrogens with one attached hydrogen (secondary N) is 1. The maximum Gasteiger partial charge on any atom is 0.223 e. The molecule has 1 N–H and O–H groups in total. The fourth-order valence-corrected chi connectivity index (χ4v) is 3.35. The van der Waals surface area contributed by atoms with Crippen molar-refractivity contribution in [2.45, 2.75) is 77.9 Å². The maximum atomic E-state index is 11.8. The van der Waals surface area contributed by atoms with Gasteiger partial charge in [0, 0.05) is 29.7 Å². The van der Waals surface area contributed by atoms with Crippen LogP contribution < -0.4 is 5.32 Å². The maximum absolute atomic E-state index is 11.8. The molecule has 0 aromatic rings. The zero-order valence-electron chi connectivity index (χ0n) is 12.8. The number of piperidine rings is 1. The molecule has 1 aliphatic heterocycles. The lowest BCUT2D eigenvalue weighted by Crippen LogP contribution is -2.63. The fourth-order valence-electron chi connectivity index (χ4n) is 3.35. The highest BCUT2D eigenvalue weighted by molar-refractivity contribution is 5.75. The Labute approximate surface area is 112 Å². The van der Waals surface area contributed by atoms with E-state index in [0.29, 0.717) is 0 Å². The van der Waals surface area contributed by atoms with Crippen LogP contribution in [0.15, 0.2) is 12.3 Å². The van der Waals surface area contributed by atoms with Crippen molar-refractivity contribution >= 4 is 5.91 Å². The summed E-state index contributed by atoms with van der Waals surface area (Å²) < 4.78 is 0. The van der Waals surface area contributed by atoms with Crippen LogP contribution in [0.25, 0.3) is 0 Å².